The van der Waals surface area contributed by atoms with Gasteiger partial charge >= 0.3 is 0 Å². The summed E-state index contributed by atoms with van der Waals surface area (Å²) in [5, 5.41) is 0.756. The molecule has 0 fully saturated rings. The van der Waals surface area contributed by atoms with Crippen LogP contribution in [0.4, 0.5) is 0 Å². The molecule has 0 saturated heterocycles. The van der Waals surface area contributed by atoms with Gasteiger partial charge in [0.1, 0.15) is 5.75 Å². The van der Waals surface area contributed by atoms with Crippen LogP contribution in [0.3, 0.4) is 0 Å². The van der Waals surface area contributed by atoms with Crippen LogP contribution in [0.15, 0.2) is 30.5 Å². The van der Waals surface area contributed by atoms with E-state index in [1.807, 2.05) is 31.2 Å². The van der Waals surface area contributed by atoms with Gasteiger partial charge in [-0.1, -0.05) is 18.5 Å². The van der Waals surface area contributed by atoms with E-state index < -0.39 is 0 Å². The zero-order valence-corrected chi connectivity index (χ0v) is 11.9. The van der Waals surface area contributed by atoms with E-state index >= 15 is 0 Å². The number of hydrogen-bond acceptors (Lipinski definition) is 3. The number of rotatable bonds is 4. The van der Waals surface area contributed by atoms with Gasteiger partial charge in [0.05, 0.1) is 0 Å². The maximum atomic E-state index is 6.09. The smallest absolute Gasteiger partial charge is 0.223 e. The van der Waals surface area contributed by atoms with Gasteiger partial charge in [-0.05, 0) is 48.7 Å². The van der Waals surface area contributed by atoms with Crippen LogP contribution < -0.4 is 10.5 Å². The highest BCUT2D eigenvalue weighted by molar-refractivity contribution is 6.31. The van der Waals surface area contributed by atoms with Crippen molar-refractivity contribution in [3.63, 3.8) is 0 Å². The lowest BCUT2D eigenvalue weighted by molar-refractivity contribution is 0.455. The lowest BCUT2D eigenvalue weighted by Gasteiger charge is -2.12. The summed E-state index contributed by atoms with van der Waals surface area (Å²) in [6.45, 7) is 4.46. The zero-order valence-electron chi connectivity index (χ0n) is 11.1. The average molecular weight is 277 g/mol. The van der Waals surface area contributed by atoms with E-state index in [1.165, 1.54) is 0 Å². The van der Waals surface area contributed by atoms with Crippen molar-refractivity contribution in [2.45, 2.75) is 26.8 Å². The molecule has 2 rings (SSSR count). The van der Waals surface area contributed by atoms with Gasteiger partial charge in [0.25, 0.3) is 0 Å². The summed E-state index contributed by atoms with van der Waals surface area (Å²) >= 11 is 6.09. The quantitative estimate of drug-likeness (QED) is 0.922. The molecule has 3 nitrogen and oxygen atoms in total. The minimum atomic E-state index is 0.406. The molecule has 0 aliphatic carbocycles. The fraction of sp³-hybridized carbons (Fsp3) is 0.267. The average Bonchev–Trinajstić information content (AvgIpc) is 2.41. The molecule has 1 aromatic heterocycles. The van der Waals surface area contributed by atoms with Crippen LogP contribution in [-0.2, 0) is 13.0 Å². The number of hydrogen-bond donors (Lipinski definition) is 1. The van der Waals surface area contributed by atoms with Gasteiger partial charge in [-0.25, -0.2) is 4.98 Å². The maximum absolute atomic E-state index is 6.09. The number of aromatic nitrogens is 1. The van der Waals surface area contributed by atoms with E-state index in [9.17, 15) is 0 Å². The molecular formula is C15H17ClN2O. The van der Waals surface area contributed by atoms with Gasteiger partial charge in [-0.2, -0.15) is 0 Å². The Bertz CT molecular complexity index is 584. The third-order valence-electron chi connectivity index (χ3n) is 3.07. The third-order valence-corrected chi connectivity index (χ3v) is 3.44. The van der Waals surface area contributed by atoms with Crippen molar-refractivity contribution in [2.24, 2.45) is 5.73 Å². The molecule has 2 N–H and O–H groups in total. The highest BCUT2D eigenvalue weighted by Gasteiger charge is 2.09. The molecule has 0 radical (unpaired) electrons. The van der Waals surface area contributed by atoms with E-state index in [0.717, 1.165) is 33.9 Å². The fourth-order valence-electron chi connectivity index (χ4n) is 1.90. The highest BCUT2D eigenvalue weighted by Crippen LogP contribution is 2.28. The molecule has 19 heavy (non-hydrogen) atoms. The molecule has 0 saturated carbocycles. The number of benzene rings is 1. The summed E-state index contributed by atoms with van der Waals surface area (Å²) < 4.78 is 5.83. The van der Waals surface area contributed by atoms with Gasteiger partial charge in [0.2, 0.25) is 5.88 Å². The van der Waals surface area contributed by atoms with Crippen LogP contribution >= 0.6 is 11.6 Å². The number of aryl methyl sites for hydroxylation is 2. The van der Waals surface area contributed by atoms with E-state index in [4.69, 9.17) is 22.1 Å². The first kappa shape index (κ1) is 13.8. The Kier molecular flexibility index (Phi) is 4.40. The van der Waals surface area contributed by atoms with Crippen molar-refractivity contribution in [3.8, 4) is 11.6 Å². The van der Waals surface area contributed by atoms with Crippen LogP contribution in [0.5, 0.6) is 11.6 Å². The van der Waals surface area contributed by atoms with Gasteiger partial charge in [-0.3, -0.25) is 0 Å². The standard InChI is InChI=1S/C15H17ClN2O/c1-3-11-8-12(4-5-14(11)16)19-15-13(9-17)10(2)6-7-18-15/h4-8H,3,9,17H2,1-2H3. The predicted molar refractivity (Wildman–Crippen MR) is 77.8 cm³/mol. The first-order chi connectivity index (χ1) is 9.15. The molecule has 0 unspecified atom stereocenters. The Labute approximate surface area is 118 Å². The normalized spacial score (nSPS) is 10.5. The lowest BCUT2D eigenvalue weighted by Crippen LogP contribution is -2.03. The van der Waals surface area contributed by atoms with Crippen molar-refractivity contribution in [3.05, 3.63) is 52.2 Å². The molecule has 1 aromatic carbocycles. The fourth-order valence-corrected chi connectivity index (χ4v) is 2.15. The van der Waals surface area contributed by atoms with Crippen molar-refractivity contribution in [1.29, 1.82) is 0 Å². The number of nitrogens with zero attached hydrogens (tertiary/aromatic N) is 1. The van der Waals surface area contributed by atoms with E-state index in [0.29, 0.717) is 12.4 Å². The summed E-state index contributed by atoms with van der Waals surface area (Å²) in [5.74, 6) is 1.29. The Morgan fingerprint density at radius 1 is 1.32 bits per heavy atom. The first-order valence-corrected chi connectivity index (χ1v) is 6.64. The molecule has 0 aliphatic heterocycles. The van der Waals surface area contributed by atoms with E-state index in [2.05, 4.69) is 11.9 Å². The Balaban J connectivity index is 2.33. The van der Waals surface area contributed by atoms with Gasteiger partial charge in [0, 0.05) is 23.3 Å². The van der Waals surface area contributed by atoms with E-state index in [-0.39, 0.29) is 0 Å². The maximum Gasteiger partial charge on any atom is 0.223 e. The zero-order chi connectivity index (χ0) is 13.8. The predicted octanol–water partition coefficient (Wildman–Crippen LogP) is 3.86. The summed E-state index contributed by atoms with van der Waals surface area (Å²) in [5.41, 5.74) is 8.81. The Morgan fingerprint density at radius 2 is 2.11 bits per heavy atom. The second-order valence-electron chi connectivity index (χ2n) is 4.32. The van der Waals surface area contributed by atoms with Gasteiger partial charge < -0.3 is 10.5 Å². The van der Waals surface area contributed by atoms with Gasteiger partial charge in [0.15, 0.2) is 0 Å². The number of halogens is 1. The summed E-state index contributed by atoms with van der Waals surface area (Å²) in [6.07, 6.45) is 2.58. The minimum Gasteiger partial charge on any atom is -0.439 e. The van der Waals surface area contributed by atoms with Crippen molar-refractivity contribution < 1.29 is 4.74 Å². The van der Waals surface area contributed by atoms with Crippen molar-refractivity contribution >= 4 is 11.6 Å². The summed E-state index contributed by atoms with van der Waals surface area (Å²) in [4.78, 5) is 4.25. The van der Waals surface area contributed by atoms with Crippen LogP contribution in [0.2, 0.25) is 5.02 Å². The molecular weight excluding hydrogens is 260 g/mol. The summed E-state index contributed by atoms with van der Waals surface area (Å²) in [7, 11) is 0. The SMILES string of the molecule is CCc1cc(Oc2nccc(C)c2CN)ccc1Cl. The minimum absolute atomic E-state index is 0.406. The molecule has 0 amide bonds. The van der Waals surface area contributed by atoms with Crippen molar-refractivity contribution in [1.82, 2.24) is 4.98 Å². The second-order valence-corrected chi connectivity index (χ2v) is 4.73. The number of ether oxygens (including phenoxy) is 1. The summed E-state index contributed by atoms with van der Waals surface area (Å²) in [6, 6.07) is 7.54. The molecule has 0 spiro atoms. The van der Waals surface area contributed by atoms with Crippen molar-refractivity contribution in [2.75, 3.05) is 0 Å². The molecule has 0 bridgehead atoms. The first-order valence-electron chi connectivity index (χ1n) is 6.26. The second kappa shape index (κ2) is 6.04. The molecule has 4 heteroatoms. The van der Waals surface area contributed by atoms with Crippen LogP contribution in [-0.4, -0.2) is 4.98 Å². The molecule has 1 heterocycles. The molecule has 0 atom stereocenters. The number of pyridine rings is 1. The van der Waals surface area contributed by atoms with Gasteiger partial charge in [-0.15, -0.1) is 0 Å². The molecule has 100 valence electrons. The highest BCUT2D eigenvalue weighted by atomic mass is 35.5. The lowest BCUT2D eigenvalue weighted by atomic mass is 10.1. The Hall–Kier alpha value is -1.58. The third kappa shape index (κ3) is 3.06. The molecule has 0 aliphatic rings. The Morgan fingerprint density at radius 3 is 2.79 bits per heavy atom. The molecule has 2 aromatic rings. The monoisotopic (exact) mass is 276 g/mol. The van der Waals surface area contributed by atoms with Crippen LogP contribution in [0.25, 0.3) is 0 Å². The van der Waals surface area contributed by atoms with Crippen LogP contribution in [0.1, 0.15) is 23.6 Å². The topological polar surface area (TPSA) is 48.1 Å². The van der Waals surface area contributed by atoms with E-state index in [1.54, 1.807) is 6.20 Å². The number of nitrogens with two attached hydrogens (primary N) is 1. The van der Waals surface area contributed by atoms with Crippen LogP contribution in [0, 0.1) is 6.92 Å². The largest absolute Gasteiger partial charge is 0.439 e.